The number of amides is 1. The molecule has 1 aromatic rings. The van der Waals surface area contributed by atoms with Crippen molar-refractivity contribution >= 4 is 23.1 Å². The molecule has 4 nitrogen and oxygen atoms in total. The fourth-order valence-corrected chi connectivity index (χ4v) is 2.48. The van der Waals surface area contributed by atoms with Crippen LogP contribution >= 0.6 is 12.2 Å². The molecular formula is C14H18N2O2S. The Balaban J connectivity index is 2.12. The number of hydrogen-bond donors (Lipinski definition) is 2. The molecule has 0 aromatic heterocycles. The summed E-state index contributed by atoms with van der Waals surface area (Å²) in [6.45, 7) is 3.06. The maximum atomic E-state index is 12.4. The molecule has 3 N–H and O–H groups in total. The molecule has 2 rings (SSSR count). The summed E-state index contributed by atoms with van der Waals surface area (Å²) in [4.78, 5) is 14.4. The molecule has 19 heavy (non-hydrogen) atoms. The van der Waals surface area contributed by atoms with Crippen LogP contribution in [0.15, 0.2) is 24.3 Å². The molecule has 1 amide bonds. The summed E-state index contributed by atoms with van der Waals surface area (Å²) in [6, 6.07) is 7.06. The van der Waals surface area contributed by atoms with E-state index in [1.807, 2.05) is 0 Å². The van der Waals surface area contributed by atoms with Crippen LogP contribution in [0.5, 0.6) is 0 Å². The van der Waals surface area contributed by atoms with Crippen molar-refractivity contribution < 1.29 is 9.90 Å². The Morgan fingerprint density at radius 1 is 1.53 bits per heavy atom. The molecule has 1 heterocycles. The Hall–Kier alpha value is -1.46. The van der Waals surface area contributed by atoms with Crippen molar-refractivity contribution in [3.63, 3.8) is 0 Å². The Morgan fingerprint density at radius 3 is 2.79 bits per heavy atom. The number of carbonyl (C=O) groups excluding carboxylic acids is 1. The zero-order valence-electron chi connectivity index (χ0n) is 10.9. The quantitative estimate of drug-likeness (QED) is 0.814. The van der Waals surface area contributed by atoms with Crippen molar-refractivity contribution in [3.8, 4) is 0 Å². The summed E-state index contributed by atoms with van der Waals surface area (Å²) in [5.74, 6) is 0.143. The van der Waals surface area contributed by atoms with Crippen LogP contribution in [0.1, 0.15) is 29.3 Å². The molecule has 2 atom stereocenters. The first kappa shape index (κ1) is 14.0. The molecule has 2 unspecified atom stereocenters. The van der Waals surface area contributed by atoms with E-state index < -0.39 is 0 Å². The van der Waals surface area contributed by atoms with E-state index in [1.54, 1.807) is 36.1 Å². The van der Waals surface area contributed by atoms with Gasteiger partial charge in [-0.05, 0) is 25.5 Å². The van der Waals surface area contributed by atoms with Gasteiger partial charge in [0, 0.05) is 30.1 Å². The maximum Gasteiger partial charge on any atom is 0.253 e. The van der Waals surface area contributed by atoms with Gasteiger partial charge in [-0.2, -0.15) is 0 Å². The second kappa shape index (κ2) is 5.67. The predicted molar refractivity (Wildman–Crippen MR) is 78.0 cm³/mol. The van der Waals surface area contributed by atoms with Crippen molar-refractivity contribution in [2.24, 2.45) is 11.7 Å². The highest BCUT2D eigenvalue weighted by molar-refractivity contribution is 7.80. The largest absolute Gasteiger partial charge is 0.393 e. The summed E-state index contributed by atoms with van der Waals surface area (Å²) in [5.41, 5.74) is 6.87. The molecule has 102 valence electrons. The standard InChI is InChI=1S/C14H18N2O2S/c1-9(17)12-5-6-16(8-12)14(18)11-4-2-3-10(7-11)13(15)19/h2-4,7,9,12,17H,5-6,8H2,1H3,(H2,15,19). The third-order valence-corrected chi connectivity index (χ3v) is 3.82. The lowest BCUT2D eigenvalue weighted by Crippen LogP contribution is -2.30. The van der Waals surface area contributed by atoms with Crippen molar-refractivity contribution in [2.75, 3.05) is 13.1 Å². The number of carbonyl (C=O) groups is 1. The van der Waals surface area contributed by atoms with Crippen LogP contribution in [0.4, 0.5) is 0 Å². The molecule has 0 aliphatic carbocycles. The summed E-state index contributed by atoms with van der Waals surface area (Å²) >= 11 is 4.92. The summed E-state index contributed by atoms with van der Waals surface area (Å²) in [7, 11) is 0. The molecule has 1 aliphatic rings. The van der Waals surface area contributed by atoms with Crippen LogP contribution in [-0.4, -0.2) is 40.1 Å². The van der Waals surface area contributed by atoms with Crippen LogP contribution in [0, 0.1) is 5.92 Å². The summed E-state index contributed by atoms with van der Waals surface area (Å²) < 4.78 is 0. The molecular weight excluding hydrogens is 260 g/mol. The number of benzene rings is 1. The molecule has 5 heteroatoms. The highest BCUT2D eigenvalue weighted by Crippen LogP contribution is 2.21. The van der Waals surface area contributed by atoms with Gasteiger partial charge in [0.15, 0.2) is 0 Å². The smallest absolute Gasteiger partial charge is 0.253 e. The monoisotopic (exact) mass is 278 g/mol. The van der Waals surface area contributed by atoms with E-state index in [9.17, 15) is 9.90 Å². The van der Waals surface area contributed by atoms with E-state index in [-0.39, 0.29) is 22.9 Å². The summed E-state index contributed by atoms with van der Waals surface area (Å²) in [5, 5.41) is 9.57. The van der Waals surface area contributed by atoms with Gasteiger partial charge < -0.3 is 15.7 Å². The third-order valence-electron chi connectivity index (χ3n) is 3.59. The van der Waals surface area contributed by atoms with Crippen LogP contribution < -0.4 is 5.73 Å². The highest BCUT2D eigenvalue weighted by atomic mass is 32.1. The Labute approximate surface area is 118 Å². The number of aliphatic hydroxyl groups is 1. The lowest BCUT2D eigenvalue weighted by molar-refractivity contribution is 0.0762. The number of nitrogens with zero attached hydrogens (tertiary/aromatic N) is 1. The zero-order valence-corrected chi connectivity index (χ0v) is 11.7. The fourth-order valence-electron chi connectivity index (χ4n) is 2.35. The second-order valence-corrected chi connectivity index (χ2v) is 5.43. The topological polar surface area (TPSA) is 66.6 Å². The van der Waals surface area contributed by atoms with Gasteiger partial charge in [0.1, 0.15) is 4.99 Å². The average Bonchev–Trinajstić information content (AvgIpc) is 2.87. The van der Waals surface area contributed by atoms with E-state index in [1.165, 1.54) is 0 Å². The fraction of sp³-hybridized carbons (Fsp3) is 0.429. The van der Waals surface area contributed by atoms with Crippen LogP contribution in [-0.2, 0) is 0 Å². The number of aliphatic hydroxyl groups excluding tert-OH is 1. The predicted octanol–water partition coefficient (Wildman–Crippen LogP) is 1.16. The lowest BCUT2D eigenvalue weighted by Gasteiger charge is -2.18. The Kier molecular flexibility index (Phi) is 4.17. The van der Waals surface area contributed by atoms with E-state index in [0.717, 1.165) is 6.42 Å². The molecule has 1 aromatic carbocycles. The van der Waals surface area contributed by atoms with Crippen LogP contribution in [0.25, 0.3) is 0 Å². The minimum atomic E-state index is -0.374. The molecule has 0 spiro atoms. The van der Waals surface area contributed by atoms with Gasteiger partial charge in [0.2, 0.25) is 0 Å². The van der Waals surface area contributed by atoms with Gasteiger partial charge in [-0.3, -0.25) is 4.79 Å². The Morgan fingerprint density at radius 2 is 2.21 bits per heavy atom. The minimum absolute atomic E-state index is 0.0266. The van der Waals surface area contributed by atoms with Gasteiger partial charge >= 0.3 is 0 Å². The number of likely N-dealkylation sites (tertiary alicyclic amines) is 1. The van der Waals surface area contributed by atoms with Crippen molar-refractivity contribution in [2.45, 2.75) is 19.4 Å². The second-order valence-electron chi connectivity index (χ2n) is 4.99. The van der Waals surface area contributed by atoms with E-state index in [0.29, 0.717) is 24.2 Å². The third kappa shape index (κ3) is 3.11. The number of hydrogen-bond acceptors (Lipinski definition) is 3. The average molecular weight is 278 g/mol. The first-order valence-corrected chi connectivity index (χ1v) is 6.77. The van der Waals surface area contributed by atoms with Gasteiger partial charge in [0.25, 0.3) is 5.91 Å². The molecule has 0 radical (unpaired) electrons. The zero-order chi connectivity index (χ0) is 14.0. The van der Waals surface area contributed by atoms with E-state index in [2.05, 4.69) is 0 Å². The number of nitrogens with two attached hydrogens (primary N) is 1. The van der Waals surface area contributed by atoms with Gasteiger partial charge in [-0.25, -0.2) is 0 Å². The lowest BCUT2D eigenvalue weighted by atomic mass is 10.0. The SMILES string of the molecule is CC(O)C1CCN(C(=O)c2cccc(C(N)=S)c2)C1. The van der Waals surface area contributed by atoms with Gasteiger partial charge in [0.05, 0.1) is 6.10 Å². The first-order chi connectivity index (χ1) is 8.99. The molecule has 1 saturated heterocycles. The Bertz CT molecular complexity index is 502. The van der Waals surface area contributed by atoms with Gasteiger partial charge in [-0.15, -0.1) is 0 Å². The van der Waals surface area contributed by atoms with E-state index >= 15 is 0 Å². The molecule has 1 aliphatic heterocycles. The van der Waals surface area contributed by atoms with Crippen molar-refractivity contribution in [1.29, 1.82) is 0 Å². The number of rotatable bonds is 3. The molecule has 1 fully saturated rings. The summed E-state index contributed by atoms with van der Waals surface area (Å²) in [6.07, 6.45) is 0.471. The van der Waals surface area contributed by atoms with E-state index in [4.69, 9.17) is 18.0 Å². The van der Waals surface area contributed by atoms with Crippen molar-refractivity contribution in [3.05, 3.63) is 35.4 Å². The highest BCUT2D eigenvalue weighted by Gasteiger charge is 2.29. The van der Waals surface area contributed by atoms with Crippen LogP contribution in [0.2, 0.25) is 0 Å². The van der Waals surface area contributed by atoms with Crippen LogP contribution in [0.3, 0.4) is 0 Å². The minimum Gasteiger partial charge on any atom is -0.393 e. The molecule has 0 saturated carbocycles. The van der Waals surface area contributed by atoms with Crippen molar-refractivity contribution in [1.82, 2.24) is 4.90 Å². The maximum absolute atomic E-state index is 12.4. The number of thiocarbonyl (C=S) groups is 1. The van der Waals surface area contributed by atoms with Gasteiger partial charge in [-0.1, -0.05) is 24.4 Å². The normalized spacial score (nSPS) is 20.3. The first-order valence-electron chi connectivity index (χ1n) is 6.36. The molecule has 0 bridgehead atoms.